The SMILES string of the molecule is C[Si](C)(C)N[C@@H](Cc1ccc(O[Si](C)(C)C)cc1)C(=O)O[Si](C)(C)C. The van der Waals surface area contributed by atoms with Gasteiger partial charge in [-0.05, 0) is 63.4 Å². The van der Waals surface area contributed by atoms with Gasteiger partial charge in [-0.25, -0.2) is 0 Å². The van der Waals surface area contributed by atoms with Gasteiger partial charge in [0.25, 0.3) is 0 Å². The molecule has 0 saturated carbocycles. The van der Waals surface area contributed by atoms with Crippen molar-refractivity contribution in [2.45, 2.75) is 71.4 Å². The van der Waals surface area contributed by atoms with Crippen LogP contribution in [0.2, 0.25) is 58.9 Å². The predicted octanol–water partition coefficient (Wildman–Crippen LogP) is 4.61. The minimum absolute atomic E-state index is 0.121. The Hall–Kier alpha value is -0.899. The fourth-order valence-electron chi connectivity index (χ4n) is 2.37. The van der Waals surface area contributed by atoms with Crippen LogP contribution in [0.25, 0.3) is 0 Å². The van der Waals surface area contributed by atoms with E-state index >= 15 is 0 Å². The molecule has 1 N–H and O–H groups in total. The van der Waals surface area contributed by atoms with E-state index in [0.29, 0.717) is 6.42 Å². The zero-order chi connectivity index (χ0) is 19.5. The van der Waals surface area contributed by atoms with Gasteiger partial charge < -0.3 is 13.8 Å². The smallest absolute Gasteiger partial charge is 0.309 e. The highest BCUT2D eigenvalue weighted by molar-refractivity contribution is 6.74. The molecule has 0 unspecified atom stereocenters. The van der Waals surface area contributed by atoms with E-state index in [2.05, 4.69) is 56.4 Å². The molecule has 1 aromatic rings. The summed E-state index contributed by atoms with van der Waals surface area (Å²) in [6.07, 6.45) is 0.640. The van der Waals surface area contributed by atoms with Gasteiger partial charge in [0, 0.05) is 0 Å². The Labute approximate surface area is 156 Å². The summed E-state index contributed by atoms with van der Waals surface area (Å²) in [6, 6.07) is 7.82. The van der Waals surface area contributed by atoms with Crippen LogP contribution in [0, 0.1) is 0 Å². The minimum atomic E-state index is -1.90. The van der Waals surface area contributed by atoms with Gasteiger partial charge in [-0.2, -0.15) is 0 Å². The highest BCUT2D eigenvalue weighted by atomic mass is 28.4. The van der Waals surface area contributed by atoms with Crippen LogP contribution in [0.1, 0.15) is 5.56 Å². The van der Waals surface area contributed by atoms with E-state index < -0.39 is 24.9 Å². The Bertz CT molecular complexity index is 569. The van der Waals surface area contributed by atoms with Gasteiger partial charge in [-0.1, -0.05) is 31.8 Å². The third-order valence-electron chi connectivity index (χ3n) is 3.09. The summed E-state index contributed by atoms with van der Waals surface area (Å²) in [5.74, 6) is 0.784. The maximum absolute atomic E-state index is 12.6. The first-order valence-electron chi connectivity index (χ1n) is 8.93. The monoisotopic (exact) mass is 397 g/mol. The highest BCUT2D eigenvalue weighted by Crippen LogP contribution is 2.18. The van der Waals surface area contributed by atoms with Crippen molar-refractivity contribution in [3.63, 3.8) is 0 Å². The van der Waals surface area contributed by atoms with E-state index in [0.717, 1.165) is 11.3 Å². The average Bonchev–Trinajstić information content (AvgIpc) is 2.35. The normalized spacial score (nSPS) is 14.1. The van der Waals surface area contributed by atoms with E-state index in [1.807, 2.05) is 31.8 Å². The largest absolute Gasteiger partial charge is 0.544 e. The lowest BCUT2D eigenvalue weighted by Gasteiger charge is -2.29. The second-order valence-electron chi connectivity index (χ2n) is 9.54. The first-order chi connectivity index (χ1) is 11.1. The van der Waals surface area contributed by atoms with Crippen molar-refractivity contribution in [3.8, 4) is 5.75 Å². The van der Waals surface area contributed by atoms with E-state index in [1.54, 1.807) is 0 Å². The number of carbonyl (C=O) groups excluding carboxylic acids is 1. The molecule has 0 heterocycles. The second-order valence-corrected chi connectivity index (χ2v) is 23.2. The van der Waals surface area contributed by atoms with E-state index in [9.17, 15) is 4.79 Å². The van der Waals surface area contributed by atoms with Crippen LogP contribution in [0.4, 0.5) is 0 Å². The van der Waals surface area contributed by atoms with Gasteiger partial charge in [0.15, 0.2) is 0 Å². The van der Waals surface area contributed by atoms with Crippen molar-refractivity contribution in [1.29, 1.82) is 0 Å². The number of hydrogen-bond acceptors (Lipinski definition) is 4. The summed E-state index contributed by atoms with van der Waals surface area (Å²) in [7, 11) is -5.11. The Morgan fingerprint density at radius 3 is 1.84 bits per heavy atom. The molecule has 142 valence electrons. The third-order valence-corrected chi connectivity index (χ3v) is 5.96. The zero-order valence-electron chi connectivity index (χ0n) is 17.3. The summed E-state index contributed by atoms with van der Waals surface area (Å²) >= 11 is 0. The number of carbonyl (C=O) groups is 1. The summed E-state index contributed by atoms with van der Waals surface area (Å²) in [4.78, 5) is 16.2. The maximum Gasteiger partial charge on any atom is 0.309 e. The van der Waals surface area contributed by atoms with Gasteiger partial charge in [0.1, 0.15) is 20.0 Å². The molecule has 0 bridgehead atoms. The lowest BCUT2D eigenvalue weighted by molar-refractivity contribution is -0.137. The molecule has 0 amide bonds. The Balaban J connectivity index is 2.88. The van der Waals surface area contributed by atoms with Crippen LogP contribution in [-0.4, -0.2) is 36.9 Å². The average molecular weight is 398 g/mol. The fourth-order valence-corrected chi connectivity index (χ4v) is 5.23. The molecule has 1 aromatic carbocycles. The molecule has 1 rings (SSSR count). The lowest BCUT2D eigenvalue weighted by atomic mass is 10.1. The van der Waals surface area contributed by atoms with E-state index in [-0.39, 0.29) is 12.0 Å². The van der Waals surface area contributed by atoms with Gasteiger partial charge >= 0.3 is 5.97 Å². The van der Waals surface area contributed by atoms with Gasteiger partial charge in [-0.15, -0.1) is 0 Å². The zero-order valence-corrected chi connectivity index (χ0v) is 20.3. The maximum atomic E-state index is 12.6. The van der Waals surface area contributed by atoms with Crippen molar-refractivity contribution in [1.82, 2.24) is 4.98 Å². The Morgan fingerprint density at radius 2 is 1.44 bits per heavy atom. The molecule has 0 saturated heterocycles. The van der Waals surface area contributed by atoms with E-state index in [1.165, 1.54) is 0 Å². The molecule has 7 heteroatoms. The minimum Gasteiger partial charge on any atom is -0.544 e. The predicted molar refractivity (Wildman–Crippen MR) is 114 cm³/mol. The first kappa shape index (κ1) is 22.1. The quantitative estimate of drug-likeness (QED) is 0.651. The fraction of sp³-hybridized carbons (Fsp3) is 0.611. The van der Waals surface area contributed by atoms with Crippen LogP contribution < -0.4 is 9.41 Å². The first-order valence-corrected chi connectivity index (χ1v) is 19.2. The molecule has 0 fully saturated rings. The number of nitrogens with one attached hydrogen (secondary N) is 1. The summed E-state index contributed by atoms with van der Waals surface area (Å²) in [6.45, 7) is 19.2. The topological polar surface area (TPSA) is 47.6 Å². The number of hydrogen-bond donors (Lipinski definition) is 1. The summed E-state index contributed by atoms with van der Waals surface area (Å²) < 4.78 is 11.7. The molecular weight excluding hydrogens is 362 g/mol. The molecule has 0 aromatic heterocycles. The molecular formula is C18H35NO3Si3. The van der Waals surface area contributed by atoms with Crippen molar-refractivity contribution >= 4 is 30.8 Å². The Morgan fingerprint density at radius 1 is 0.920 bits per heavy atom. The van der Waals surface area contributed by atoms with Crippen molar-refractivity contribution < 1.29 is 13.6 Å². The standard InChI is InChI=1S/C18H35NO3Si3/c1-23(2,3)19-17(18(20)22-25(7,8)9)14-15-10-12-16(13-11-15)21-24(4,5)6/h10-13,17,19H,14H2,1-9H3/t17-/m0/s1. The van der Waals surface area contributed by atoms with Crippen LogP contribution in [0.5, 0.6) is 5.75 Å². The Kier molecular flexibility index (Phi) is 7.26. The van der Waals surface area contributed by atoms with Crippen molar-refractivity contribution in [2.24, 2.45) is 0 Å². The molecule has 1 atom stereocenters. The summed E-state index contributed by atoms with van der Waals surface area (Å²) in [5.41, 5.74) is 1.12. The molecule has 0 spiro atoms. The van der Waals surface area contributed by atoms with E-state index in [4.69, 9.17) is 8.85 Å². The highest BCUT2D eigenvalue weighted by Gasteiger charge is 2.30. The van der Waals surface area contributed by atoms with Crippen molar-refractivity contribution in [2.75, 3.05) is 0 Å². The number of benzene rings is 1. The molecule has 0 aliphatic rings. The van der Waals surface area contributed by atoms with Gasteiger partial charge in [-0.3, -0.25) is 4.79 Å². The van der Waals surface area contributed by atoms with Crippen molar-refractivity contribution in [3.05, 3.63) is 29.8 Å². The third kappa shape index (κ3) is 9.98. The van der Waals surface area contributed by atoms with Gasteiger partial charge in [0.2, 0.25) is 16.6 Å². The molecule has 0 aliphatic carbocycles. The van der Waals surface area contributed by atoms with Crippen LogP contribution in [0.3, 0.4) is 0 Å². The van der Waals surface area contributed by atoms with Gasteiger partial charge in [0.05, 0.1) is 0 Å². The lowest BCUT2D eigenvalue weighted by Crippen LogP contribution is -2.54. The molecule has 25 heavy (non-hydrogen) atoms. The van der Waals surface area contributed by atoms with Crippen LogP contribution in [0.15, 0.2) is 24.3 Å². The van der Waals surface area contributed by atoms with Crippen LogP contribution in [-0.2, 0) is 15.6 Å². The summed E-state index contributed by atoms with van der Waals surface area (Å²) in [5, 5.41) is 0. The van der Waals surface area contributed by atoms with Crippen LogP contribution >= 0.6 is 0 Å². The molecule has 4 nitrogen and oxygen atoms in total. The number of rotatable bonds is 8. The second kappa shape index (κ2) is 8.20. The molecule has 0 radical (unpaired) electrons. The molecule has 0 aliphatic heterocycles.